The number of halogens is 2. The van der Waals surface area contributed by atoms with E-state index in [2.05, 4.69) is 41.9 Å². The van der Waals surface area contributed by atoms with Gasteiger partial charge in [-0.05, 0) is 31.9 Å². The van der Waals surface area contributed by atoms with E-state index in [4.69, 9.17) is 4.11 Å². The first-order chi connectivity index (χ1) is 6.52. The van der Waals surface area contributed by atoms with E-state index in [9.17, 15) is 0 Å². The summed E-state index contributed by atoms with van der Waals surface area (Å²) in [6.45, 7) is 0. The van der Waals surface area contributed by atoms with Gasteiger partial charge in [-0.2, -0.15) is 5.10 Å². The largest absolute Gasteiger partial charge is 0.222 e. The van der Waals surface area contributed by atoms with Gasteiger partial charge in [0.1, 0.15) is 9.21 Å². The Balaban J connectivity index is 2.98. The van der Waals surface area contributed by atoms with Gasteiger partial charge in [-0.3, -0.25) is 0 Å². The molecule has 3 nitrogen and oxygen atoms in total. The SMILES string of the molecule is [2H]c1nn2c(Br)c([2H])c(Br)nc2c1[2H]. The number of hydrogen-bond acceptors (Lipinski definition) is 2. The molecule has 0 fully saturated rings. The van der Waals surface area contributed by atoms with Crippen molar-refractivity contribution in [2.45, 2.75) is 0 Å². The van der Waals surface area contributed by atoms with Crippen LogP contribution < -0.4 is 0 Å². The Morgan fingerprint density at radius 1 is 1.55 bits per heavy atom. The third-order valence-corrected chi connectivity index (χ3v) is 2.02. The Kier molecular flexibility index (Phi) is 1.07. The summed E-state index contributed by atoms with van der Waals surface area (Å²) < 4.78 is 24.4. The fourth-order valence-electron chi connectivity index (χ4n) is 0.696. The summed E-state index contributed by atoms with van der Waals surface area (Å²) in [5.74, 6) is 0. The summed E-state index contributed by atoms with van der Waals surface area (Å²) >= 11 is 6.25. The Labute approximate surface area is 83.9 Å². The van der Waals surface area contributed by atoms with E-state index in [1.807, 2.05) is 0 Å². The van der Waals surface area contributed by atoms with Gasteiger partial charge >= 0.3 is 0 Å². The van der Waals surface area contributed by atoms with Crippen molar-refractivity contribution in [2.24, 2.45) is 0 Å². The van der Waals surface area contributed by atoms with E-state index >= 15 is 0 Å². The van der Waals surface area contributed by atoms with Crippen LogP contribution in [0, 0.1) is 0 Å². The summed E-state index contributed by atoms with van der Waals surface area (Å²) in [4.78, 5) is 3.95. The molecular formula is C6H3Br2N3. The second-order valence-corrected chi connectivity index (χ2v) is 3.29. The van der Waals surface area contributed by atoms with E-state index < -0.39 is 0 Å². The van der Waals surface area contributed by atoms with Crippen LogP contribution in [0.1, 0.15) is 4.11 Å². The van der Waals surface area contributed by atoms with E-state index in [0.717, 1.165) is 0 Å². The number of nitrogens with zero attached hydrogens (tertiary/aromatic N) is 3. The van der Waals surface area contributed by atoms with Gasteiger partial charge in [0.2, 0.25) is 0 Å². The first-order valence-corrected chi connectivity index (χ1v) is 4.28. The Morgan fingerprint density at radius 3 is 3.18 bits per heavy atom. The third kappa shape index (κ3) is 1.18. The molecule has 0 radical (unpaired) electrons. The van der Waals surface area contributed by atoms with Crippen LogP contribution in [0.2, 0.25) is 0 Å². The van der Waals surface area contributed by atoms with Crippen molar-refractivity contribution in [3.8, 4) is 0 Å². The second-order valence-electron chi connectivity index (χ2n) is 1.79. The zero-order valence-corrected chi connectivity index (χ0v) is 8.27. The zero-order valence-electron chi connectivity index (χ0n) is 8.10. The van der Waals surface area contributed by atoms with E-state index in [1.54, 1.807) is 0 Å². The van der Waals surface area contributed by atoms with Crippen LogP contribution in [0.5, 0.6) is 0 Å². The minimum atomic E-state index is -0.157. The average molecular weight is 280 g/mol. The highest BCUT2D eigenvalue weighted by atomic mass is 79.9. The number of aromatic nitrogens is 3. The maximum atomic E-state index is 7.57. The molecule has 2 aromatic heterocycles. The van der Waals surface area contributed by atoms with E-state index in [-0.39, 0.29) is 23.9 Å². The van der Waals surface area contributed by atoms with Crippen molar-refractivity contribution in [2.75, 3.05) is 0 Å². The van der Waals surface area contributed by atoms with Crippen molar-refractivity contribution in [1.29, 1.82) is 0 Å². The average Bonchev–Trinajstić information content (AvgIpc) is 2.42. The van der Waals surface area contributed by atoms with Crippen molar-refractivity contribution in [3.05, 3.63) is 27.5 Å². The third-order valence-electron chi connectivity index (χ3n) is 1.11. The molecule has 0 aliphatic heterocycles. The molecule has 0 atom stereocenters. The molecule has 0 unspecified atom stereocenters. The molecule has 0 saturated carbocycles. The van der Waals surface area contributed by atoms with Crippen LogP contribution in [0.3, 0.4) is 0 Å². The molecule has 0 bridgehead atoms. The molecular weight excluding hydrogens is 274 g/mol. The Bertz CT molecular complexity index is 525. The highest BCUT2D eigenvalue weighted by molar-refractivity contribution is 9.11. The molecule has 2 heterocycles. The molecule has 0 spiro atoms. The van der Waals surface area contributed by atoms with Crippen LogP contribution in [-0.2, 0) is 0 Å². The number of fused-ring (bicyclic) bond motifs is 1. The smallest absolute Gasteiger partial charge is 0.157 e. The normalized spacial score (nSPS) is 14.5. The predicted molar refractivity (Wildman–Crippen MR) is 48.4 cm³/mol. The van der Waals surface area contributed by atoms with Crippen molar-refractivity contribution in [1.82, 2.24) is 14.6 Å². The summed E-state index contributed by atoms with van der Waals surface area (Å²) in [7, 11) is 0. The first-order valence-electron chi connectivity index (χ1n) is 4.20. The predicted octanol–water partition coefficient (Wildman–Crippen LogP) is 2.25. The Morgan fingerprint density at radius 2 is 2.36 bits per heavy atom. The first kappa shape index (κ1) is 4.57. The lowest BCUT2D eigenvalue weighted by molar-refractivity contribution is 0.909. The molecule has 0 aliphatic rings. The van der Waals surface area contributed by atoms with Crippen LogP contribution in [-0.4, -0.2) is 14.6 Å². The van der Waals surface area contributed by atoms with Crippen LogP contribution in [0.4, 0.5) is 0 Å². The van der Waals surface area contributed by atoms with Crippen LogP contribution in [0.15, 0.2) is 27.5 Å². The lowest BCUT2D eigenvalue weighted by Gasteiger charge is -1.95. The van der Waals surface area contributed by atoms with Gasteiger partial charge in [-0.1, -0.05) is 0 Å². The van der Waals surface area contributed by atoms with Crippen molar-refractivity contribution >= 4 is 37.5 Å². The van der Waals surface area contributed by atoms with E-state index in [1.165, 1.54) is 4.52 Å². The monoisotopic (exact) mass is 278 g/mol. The fourth-order valence-corrected chi connectivity index (χ4v) is 1.75. The molecule has 0 amide bonds. The topological polar surface area (TPSA) is 30.2 Å². The van der Waals surface area contributed by atoms with Gasteiger partial charge in [0.05, 0.1) is 10.3 Å². The zero-order chi connectivity index (χ0) is 10.5. The molecule has 11 heavy (non-hydrogen) atoms. The molecule has 2 aromatic rings. The highest BCUT2D eigenvalue weighted by Gasteiger charge is 2.00. The molecule has 0 aliphatic carbocycles. The van der Waals surface area contributed by atoms with Gasteiger partial charge < -0.3 is 0 Å². The lowest BCUT2D eigenvalue weighted by atomic mass is 10.6. The van der Waals surface area contributed by atoms with Gasteiger partial charge in [-0.15, -0.1) is 0 Å². The summed E-state index contributed by atoms with van der Waals surface area (Å²) in [6, 6.07) is 0.0893. The summed E-state index contributed by atoms with van der Waals surface area (Å²) in [5, 5.41) is 3.76. The number of hydrogen-bond donors (Lipinski definition) is 0. The second kappa shape index (κ2) is 2.57. The minimum absolute atomic E-state index is 0.0496. The minimum Gasteiger partial charge on any atom is -0.222 e. The molecule has 56 valence electrons. The maximum Gasteiger partial charge on any atom is 0.157 e. The highest BCUT2D eigenvalue weighted by Crippen LogP contribution is 2.16. The molecule has 0 N–H and O–H groups in total. The van der Waals surface area contributed by atoms with Crippen LogP contribution in [0.25, 0.3) is 5.65 Å². The van der Waals surface area contributed by atoms with Gasteiger partial charge in [0.25, 0.3) is 0 Å². The lowest BCUT2D eigenvalue weighted by Crippen LogP contribution is -1.91. The maximum absolute atomic E-state index is 7.57. The van der Waals surface area contributed by atoms with E-state index in [0.29, 0.717) is 9.21 Å². The Hall–Kier alpha value is -0.420. The summed E-state index contributed by atoms with van der Waals surface area (Å²) in [6.07, 6.45) is -0.157. The fraction of sp³-hybridized carbons (Fsp3) is 0. The number of rotatable bonds is 0. The van der Waals surface area contributed by atoms with Gasteiger partial charge in [0.15, 0.2) is 5.65 Å². The quantitative estimate of drug-likeness (QED) is 0.693. The van der Waals surface area contributed by atoms with Gasteiger partial charge in [-0.25, -0.2) is 9.50 Å². The van der Waals surface area contributed by atoms with Gasteiger partial charge in [0, 0.05) is 12.1 Å². The standard InChI is InChI=1S/C6H3Br2N3/c7-4-3-5(8)11-6(10-4)1-2-9-11/h1-3H/i1D,2D,3D. The van der Waals surface area contributed by atoms with Crippen molar-refractivity contribution < 1.29 is 4.11 Å². The van der Waals surface area contributed by atoms with Crippen molar-refractivity contribution in [3.63, 3.8) is 0 Å². The molecule has 0 aromatic carbocycles. The van der Waals surface area contributed by atoms with Crippen LogP contribution >= 0.6 is 31.9 Å². The molecule has 5 heteroatoms. The molecule has 0 saturated heterocycles. The molecule has 2 rings (SSSR count). The summed E-state index contributed by atoms with van der Waals surface area (Å²) in [5.41, 5.74) is 0.254.